The number of ether oxygens (including phenoxy) is 1. The Morgan fingerprint density at radius 2 is 1.53 bits per heavy atom. The number of hydrogen-bond donors (Lipinski definition) is 1. The van der Waals surface area contributed by atoms with Crippen molar-refractivity contribution < 1.29 is 19.1 Å². The van der Waals surface area contributed by atoms with Crippen LogP contribution in [0.25, 0.3) is 0 Å². The van der Waals surface area contributed by atoms with Crippen molar-refractivity contribution in [1.82, 2.24) is 15.2 Å². The summed E-state index contributed by atoms with van der Waals surface area (Å²) in [6.07, 6.45) is 1.72. The molecule has 36 heavy (non-hydrogen) atoms. The van der Waals surface area contributed by atoms with Gasteiger partial charge in [-0.2, -0.15) is 0 Å². The van der Waals surface area contributed by atoms with Crippen molar-refractivity contribution in [3.8, 4) is 5.75 Å². The highest BCUT2D eigenvalue weighted by Crippen LogP contribution is 2.24. The van der Waals surface area contributed by atoms with E-state index in [4.69, 9.17) is 4.74 Å². The first-order chi connectivity index (χ1) is 17.6. The molecule has 0 spiro atoms. The van der Waals surface area contributed by atoms with Gasteiger partial charge in [0.15, 0.2) is 0 Å². The molecule has 5 rings (SSSR count). The monoisotopic (exact) mass is 477 g/mol. The molecule has 178 valence electrons. The molecular weight excluding hydrogens is 454 g/mol. The minimum atomic E-state index is -0.302. The number of imide groups is 1. The third-order valence-corrected chi connectivity index (χ3v) is 5.90. The smallest absolute Gasteiger partial charge is 0.261 e. The van der Waals surface area contributed by atoms with E-state index < -0.39 is 0 Å². The van der Waals surface area contributed by atoms with Crippen LogP contribution in [0.4, 0.5) is 0 Å². The van der Waals surface area contributed by atoms with Gasteiger partial charge in [-0.15, -0.1) is 0 Å². The fraction of sp³-hybridized carbons (Fsp3) is 0.103. The second kappa shape index (κ2) is 10.2. The standard InChI is InChI=1S/C29H23N3O4/c33-27(31-17-21-6-5-8-24(16-21)36-19-23-7-3-4-15-30-23)22-13-11-20(12-14-22)18-32-28(34)25-9-1-2-10-26(25)29(32)35/h1-16H,17-19H2,(H,31,33). The summed E-state index contributed by atoms with van der Waals surface area (Å²) < 4.78 is 5.80. The molecule has 3 aromatic carbocycles. The normalized spacial score (nSPS) is 12.4. The third-order valence-electron chi connectivity index (χ3n) is 5.90. The summed E-state index contributed by atoms with van der Waals surface area (Å²) >= 11 is 0. The quantitative estimate of drug-likeness (QED) is 0.381. The lowest BCUT2D eigenvalue weighted by Gasteiger charge is -2.14. The second-order valence-corrected chi connectivity index (χ2v) is 8.38. The Bertz CT molecular complexity index is 1380. The van der Waals surface area contributed by atoms with Crippen LogP contribution in [0, 0.1) is 0 Å². The second-order valence-electron chi connectivity index (χ2n) is 8.38. The summed E-state index contributed by atoms with van der Waals surface area (Å²) in [7, 11) is 0. The summed E-state index contributed by atoms with van der Waals surface area (Å²) in [5, 5.41) is 2.91. The highest BCUT2D eigenvalue weighted by molar-refractivity contribution is 6.21. The van der Waals surface area contributed by atoms with Gasteiger partial charge in [-0.1, -0.05) is 42.5 Å². The van der Waals surface area contributed by atoms with E-state index in [9.17, 15) is 14.4 Å². The van der Waals surface area contributed by atoms with E-state index in [0.29, 0.717) is 35.6 Å². The number of fused-ring (bicyclic) bond motifs is 1. The van der Waals surface area contributed by atoms with E-state index in [2.05, 4.69) is 10.3 Å². The Kier molecular flexibility index (Phi) is 6.53. The molecule has 0 unspecified atom stereocenters. The maximum Gasteiger partial charge on any atom is 0.261 e. The molecule has 4 aromatic rings. The van der Waals surface area contributed by atoms with Gasteiger partial charge in [0, 0.05) is 18.3 Å². The van der Waals surface area contributed by atoms with Gasteiger partial charge in [-0.05, 0) is 59.7 Å². The molecule has 0 bridgehead atoms. The van der Waals surface area contributed by atoms with Crippen LogP contribution in [0.2, 0.25) is 0 Å². The zero-order valence-electron chi connectivity index (χ0n) is 19.4. The van der Waals surface area contributed by atoms with Crippen molar-refractivity contribution in [2.45, 2.75) is 19.7 Å². The number of rotatable bonds is 8. The number of aromatic nitrogens is 1. The Morgan fingerprint density at radius 3 is 2.22 bits per heavy atom. The minimum absolute atomic E-state index is 0.152. The van der Waals surface area contributed by atoms with Crippen LogP contribution in [0.1, 0.15) is 47.9 Å². The predicted molar refractivity (Wildman–Crippen MR) is 133 cm³/mol. The zero-order valence-corrected chi connectivity index (χ0v) is 19.4. The molecule has 2 heterocycles. The average Bonchev–Trinajstić information content (AvgIpc) is 3.17. The number of benzene rings is 3. The van der Waals surface area contributed by atoms with Crippen molar-refractivity contribution >= 4 is 17.7 Å². The largest absolute Gasteiger partial charge is 0.487 e. The van der Waals surface area contributed by atoms with E-state index in [0.717, 1.165) is 16.8 Å². The molecule has 0 radical (unpaired) electrons. The van der Waals surface area contributed by atoms with Crippen LogP contribution in [0.5, 0.6) is 5.75 Å². The van der Waals surface area contributed by atoms with Gasteiger partial charge in [0.2, 0.25) is 0 Å². The van der Waals surface area contributed by atoms with Gasteiger partial charge in [-0.25, -0.2) is 0 Å². The lowest BCUT2D eigenvalue weighted by atomic mass is 10.1. The van der Waals surface area contributed by atoms with Gasteiger partial charge < -0.3 is 10.1 Å². The van der Waals surface area contributed by atoms with E-state index in [1.165, 1.54) is 4.90 Å². The van der Waals surface area contributed by atoms with Crippen LogP contribution >= 0.6 is 0 Å². The maximum absolute atomic E-state index is 12.7. The molecule has 1 aromatic heterocycles. The van der Waals surface area contributed by atoms with Crippen LogP contribution in [0.15, 0.2) is 97.2 Å². The van der Waals surface area contributed by atoms with Gasteiger partial charge in [-0.3, -0.25) is 24.3 Å². The maximum atomic E-state index is 12.7. The Hall–Kier alpha value is -4.78. The van der Waals surface area contributed by atoms with E-state index in [1.807, 2.05) is 42.5 Å². The number of nitrogens with zero attached hydrogens (tertiary/aromatic N) is 2. The van der Waals surface area contributed by atoms with E-state index in [1.54, 1.807) is 54.7 Å². The molecular formula is C29H23N3O4. The number of amides is 3. The Balaban J connectivity index is 1.16. The Labute approximate surface area is 208 Å². The first kappa shape index (κ1) is 23.0. The van der Waals surface area contributed by atoms with Gasteiger partial charge in [0.05, 0.1) is 23.4 Å². The summed E-state index contributed by atoms with van der Waals surface area (Å²) in [5.41, 5.74) is 3.84. The van der Waals surface area contributed by atoms with Gasteiger partial charge in [0.25, 0.3) is 17.7 Å². The molecule has 1 aliphatic heterocycles. The van der Waals surface area contributed by atoms with E-state index in [-0.39, 0.29) is 24.3 Å². The molecule has 7 heteroatoms. The molecule has 1 aliphatic rings. The number of carbonyl (C=O) groups excluding carboxylic acids is 3. The molecule has 0 saturated heterocycles. The van der Waals surface area contributed by atoms with Crippen LogP contribution < -0.4 is 10.1 Å². The molecule has 3 amide bonds. The fourth-order valence-electron chi connectivity index (χ4n) is 4.00. The summed E-state index contributed by atoms with van der Waals surface area (Å²) in [4.78, 5) is 43.3. The molecule has 0 fully saturated rings. The highest BCUT2D eigenvalue weighted by Gasteiger charge is 2.34. The summed E-state index contributed by atoms with van der Waals surface area (Å²) in [6.45, 7) is 0.861. The highest BCUT2D eigenvalue weighted by atomic mass is 16.5. The number of pyridine rings is 1. The molecule has 0 aliphatic carbocycles. The zero-order chi connectivity index (χ0) is 24.9. The fourth-order valence-corrected chi connectivity index (χ4v) is 4.00. The number of carbonyl (C=O) groups is 3. The van der Waals surface area contributed by atoms with Gasteiger partial charge in [0.1, 0.15) is 12.4 Å². The van der Waals surface area contributed by atoms with Crippen molar-refractivity contribution in [2.24, 2.45) is 0 Å². The summed E-state index contributed by atoms with van der Waals surface area (Å²) in [6, 6.07) is 26.9. The average molecular weight is 478 g/mol. The minimum Gasteiger partial charge on any atom is -0.487 e. The first-order valence-electron chi connectivity index (χ1n) is 11.5. The molecule has 7 nitrogen and oxygen atoms in total. The molecule has 0 saturated carbocycles. The Morgan fingerprint density at radius 1 is 0.806 bits per heavy atom. The lowest BCUT2D eigenvalue weighted by Crippen LogP contribution is -2.29. The molecule has 0 atom stereocenters. The van der Waals surface area contributed by atoms with Crippen LogP contribution in [-0.4, -0.2) is 27.6 Å². The lowest BCUT2D eigenvalue weighted by molar-refractivity contribution is 0.0641. The van der Waals surface area contributed by atoms with Crippen LogP contribution in [-0.2, 0) is 19.7 Å². The van der Waals surface area contributed by atoms with Crippen molar-refractivity contribution in [2.75, 3.05) is 0 Å². The first-order valence-corrected chi connectivity index (χ1v) is 11.5. The van der Waals surface area contributed by atoms with Gasteiger partial charge >= 0.3 is 0 Å². The summed E-state index contributed by atoms with van der Waals surface area (Å²) in [5.74, 6) is -0.126. The van der Waals surface area contributed by atoms with Crippen molar-refractivity contribution in [1.29, 1.82) is 0 Å². The number of nitrogens with one attached hydrogen (secondary N) is 1. The SMILES string of the molecule is O=C(NCc1cccc(OCc2ccccn2)c1)c1ccc(CN2C(=O)c3ccccc3C2=O)cc1. The predicted octanol–water partition coefficient (Wildman–Crippen LogP) is 4.39. The van der Waals surface area contributed by atoms with Crippen molar-refractivity contribution in [3.05, 3.63) is 131 Å². The number of hydrogen-bond acceptors (Lipinski definition) is 5. The third kappa shape index (κ3) is 5.00. The molecule has 1 N–H and O–H groups in total. The van der Waals surface area contributed by atoms with E-state index >= 15 is 0 Å². The topological polar surface area (TPSA) is 88.6 Å². The van der Waals surface area contributed by atoms with Crippen LogP contribution in [0.3, 0.4) is 0 Å². The van der Waals surface area contributed by atoms with Crippen molar-refractivity contribution in [3.63, 3.8) is 0 Å².